The standard InChI is InChI=1S/C14H18N2O3S/c1-3-12-4-6-14(7-5-12)20(17,18)15-9-8-13-10-11(2)19-16-13/h4-7,10,15H,3,8-9H2,1-2H3. The van der Waals surface area contributed by atoms with E-state index in [1.54, 1.807) is 25.1 Å². The maximum atomic E-state index is 12.1. The maximum Gasteiger partial charge on any atom is 0.240 e. The van der Waals surface area contributed by atoms with Crippen LogP contribution in [0.5, 0.6) is 0 Å². The van der Waals surface area contributed by atoms with Crippen molar-refractivity contribution >= 4 is 10.0 Å². The number of aromatic nitrogens is 1. The monoisotopic (exact) mass is 294 g/mol. The summed E-state index contributed by atoms with van der Waals surface area (Å²) >= 11 is 0. The molecule has 0 fully saturated rings. The topological polar surface area (TPSA) is 72.2 Å². The average molecular weight is 294 g/mol. The molecule has 0 aliphatic carbocycles. The van der Waals surface area contributed by atoms with Gasteiger partial charge in [0.2, 0.25) is 10.0 Å². The molecule has 1 aromatic heterocycles. The molecule has 0 unspecified atom stereocenters. The van der Waals surface area contributed by atoms with Crippen LogP contribution in [0, 0.1) is 6.92 Å². The summed E-state index contributed by atoms with van der Waals surface area (Å²) in [4.78, 5) is 0.283. The van der Waals surface area contributed by atoms with Crippen LogP contribution in [0.1, 0.15) is 23.9 Å². The van der Waals surface area contributed by atoms with Gasteiger partial charge in [0.15, 0.2) is 0 Å². The van der Waals surface area contributed by atoms with E-state index in [0.29, 0.717) is 13.0 Å². The lowest BCUT2D eigenvalue weighted by atomic mass is 10.2. The molecule has 1 N–H and O–H groups in total. The van der Waals surface area contributed by atoms with Gasteiger partial charge in [-0.05, 0) is 31.0 Å². The van der Waals surface area contributed by atoms with E-state index in [9.17, 15) is 8.42 Å². The molecule has 0 saturated heterocycles. The number of aryl methyl sites for hydroxylation is 2. The number of hydrogen-bond acceptors (Lipinski definition) is 4. The predicted octanol–water partition coefficient (Wildman–Crippen LogP) is 2.07. The Kier molecular flexibility index (Phi) is 4.57. The van der Waals surface area contributed by atoms with Crippen LogP contribution in [0.15, 0.2) is 39.8 Å². The number of sulfonamides is 1. The molecule has 108 valence electrons. The second-order valence-electron chi connectivity index (χ2n) is 4.57. The van der Waals surface area contributed by atoms with Crippen molar-refractivity contribution in [1.29, 1.82) is 0 Å². The molecule has 0 spiro atoms. The molecule has 1 heterocycles. The zero-order valence-electron chi connectivity index (χ0n) is 11.6. The second kappa shape index (κ2) is 6.19. The van der Waals surface area contributed by atoms with Crippen molar-refractivity contribution in [2.24, 2.45) is 0 Å². The van der Waals surface area contributed by atoms with Gasteiger partial charge in [-0.25, -0.2) is 13.1 Å². The first-order valence-electron chi connectivity index (χ1n) is 6.52. The van der Waals surface area contributed by atoms with E-state index >= 15 is 0 Å². The molecule has 1 aromatic carbocycles. The van der Waals surface area contributed by atoms with Crippen molar-refractivity contribution in [2.75, 3.05) is 6.54 Å². The quantitative estimate of drug-likeness (QED) is 0.885. The Hall–Kier alpha value is -1.66. The van der Waals surface area contributed by atoms with Gasteiger partial charge in [0.1, 0.15) is 5.76 Å². The molecule has 0 bridgehead atoms. The first kappa shape index (κ1) is 14.7. The fourth-order valence-electron chi connectivity index (χ4n) is 1.84. The van der Waals surface area contributed by atoms with Crippen molar-refractivity contribution < 1.29 is 12.9 Å². The lowest BCUT2D eigenvalue weighted by Crippen LogP contribution is -2.26. The number of nitrogens with one attached hydrogen (secondary N) is 1. The second-order valence-corrected chi connectivity index (χ2v) is 6.34. The van der Waals surface area contributed by atoms with Crippen molar-refractivity contribution in [3.8, 4) is 0 Å². The van der Waals surface area contributed by atoms with E-state index in [2.05, 4.69) is 9.88 Å². The van der Waals surface area contributed by atoms with E-state index in [-0.39, 0.29) is 4.90 Å². The third-order valence-corrected chi connectivity index (χ3v) is 4.47. The van der Waals surface area contributed by atoms with Crippen LogP contribution in [0.4, 0.5) is 0 Å². The molecule has 0 amide bonds. The Morgan fingerprint density at radius 3 is 2.50 bits per heavy atom. The number of hydrogen-bond donors (Lipinski definition) is 1. The summed E-state index contributed by atoms with van der Waals surface area (Å²) in [6.07, 6.45) is 1.39. The Labute approximate surface area is 119 Å². The molecule has 6 heteroatoms. The highest BCUT2D eigenvalue weighted by Crippen LogP contribution is 2.11. The molecular formula is C14H18N2O3S. The zero-order chi connectivity index (χ0) is 14.6. The normalized spacial score (nSPS) is 11.7. The van der Waals surface area contributed by atoms with Crippen LogP contribution in [0.25, 0.3) is 0 Å². The zero-order valence-corrected chi connectivity index (χ0v) is 12.4. The molecule has 0 aliphatic rings. The first-order valence-corrected chi connectivity index (χ1v) is 8.00. The largest absolute Gasteiger partial charge is 0.361 e. The van der Waals surface area contributed by atoms with Gasteiger partial charge in [-0.1, -0.05) is 24.2 Å². The first-order chi connectivity index (χ1) is 9.51. The van der Waals surface area contributed by atoms with E-state index in [1.165, 1.54) is 0 Å². The molecular weight excluding hydrogens is 276 g/mol. The SMILES string of the molecule is CCc1ccc(S(=O)(=O)NCCc2cc(C)on2)cc1. The van der Waals surface area contributed by atoms with Gasteiger partial charge < -0.3 is 4.52 Å². The summed E-state index contributed by atoms with van der Waals surface area (Å²) in [6.45, 7) is 4.13. The summed E-state index contributed by atoms with van der Waals surface area (Å²) in [5.41, 5.74) is 1.86. The van der Waals surface area contributed by atoms with Crippen LogP contribution in [0.2, 0.25) is 0 Å². The smallest absolute Gasteiger partial charge is 0.240 e. The fraction of sp³-hybridized carbons (Fsp3) is 0.357. The van der Waals surface area contributed by atoms with Crippen LogP contribution < -0.4 is 4.72 Å². The van der Waals surface area contributed by atoms with Gasteiger partial charge >= 0.3 is 0 Å². The minimum Gasteiger partial charge on any atom is -0.361 e. The van der Waals surface area contributed by atoms with Crippen molar-refractivity contribution in [2.45, 2.75) is 31.6 Å². The Balaban J connectivity index is 1.96. The third-order valence-electron chi connectivity index (χ3n) is 2.99. The van der Waals surface area contributed by atoms with Crippen LogP contribution >= 0.6 is 0 Å². The van der Waals surface area contributed by atoms with Gasteiger partial charge in [-0.3, -0.25) is 0 Å². The van der Waals surface area contributed by atoms with Crippen LogP contribution in [-0.4, -0.2) is 20.1 Å². The van der Waals surface area contributed by atoms with Crippen molar-refractivity contribution in [3.05, 3.63) is 47.3 Å². The fourth-order valence-corrected chi connectivity index (χ4v) is 2.87. The van der Waals surface area contributed by atoms with Gasteiger partial charge in [-0.15, -0.1) is 0 Å². The highest BCUT2D eigenvalue weighted by Gasteiger charge is 2.13. The number of nitrogens with zero attached hydrogens (tertiary/aromatic N) is 1. The highest BCUT2D eigenvalue weighted by molar-refractivity contribution is 7.89. The Morgan fingerprint density at radius 2 is 1.95 bits per heavy atom. The third kappa shape index (κ3) is 3.68. The molecule has 2 aromatic rings. The highest BCUT2D eigenvalue weighted by atomic mass is 32.2. The summed E-state index contributed by atoms with van der Waals surface area (Å²) < 4.78 is 31.6. The number of rotatable bonds is 6. The molecule has 0 radical (unpaired) electrons. The van der Waals surface area contributed by atoms with Gasteiger partial charge in [0.25, 0.3) is 0 Å². The summed E-state index contributed by atoms with van der Waals surface area (Å²) in [5, 5.41) is 3.82. The lowest BCUT2D eigenvalue weighted by molar-refractivity contribution is 0.390. The van der Waals surface area contributed by atoms with E-state index in [1.807, 2.05) is 19.1 Å². The van der Waals surface area contributed by atoms with Crippen molar-refractivity contribution in [1.82, 2.24) is 9.88 Å². The van der Waals surface area contributed by atoms with Crippen LogP contribution in [-0.2, 0) is 22.9 Å². The molecule has 5 nitrogen and oxygen atoms in total. The lowest BCUT2D eigenvalue weighted by Gasteiger charge is -2.06. The van der Waals surface area contributed by atoms with Crippen molar-refractivity contribution in [3.63, 3.8) is 0 Å². The van der Waals surface area contributed by atoms with Gasteiger partial charge in [0, 0.05) is 19.0 Å². The number of benzene rings is 1. The minimum atomic E-state index is -3.46. The van der Waals surface area contributed by atoms with Gasteiger partial charge in [0.05, 0.1) is 10.6 Å². The molecule has 0 atom stereocenters. The maximum absolute atomic E-state index is 12.1. The van der Waals surface area contributed by atoms with Gasteiger partial charge in [-0.2, -0.15) is 0 Å². The molecule has 2 rings (SSSR count). The van der Waals surface area contributed by atoms with E-state index in [4.69, 9.17) is 4.52 Å². The van der Waals surface area contributed by atoms with E-state index < -0.39 is 10.0 Å². The Bertz CT molecular complexity index is 660. The Morgan fingerprint density at radius 1 is 1.25 bits per heavy atom. The molecule has 0 aliphatic heterocycles. The summed E-state index contributed by atoms with van der Waals surface area (Å²) in [5.74, 6) is 0.720. The predicted molar refractivity (Wildman–Crippen MR) is 76.0 cm³/mol. The average Bonchev–Trinajstić information content (AvgIpc) is 2.84. The molecule has 0 saturated carbocycles. The summed E-state index contributed by atoms with van der Waals surface area (Å²) in [6, 6.07) is 8.71. The minimum absolute atomic E-state index is 0.283. The molecule has 20 heavy (non-hydrogen) atoms. The van der Waals surface area contributed by atoms with Crippen LogP contribution in [0.3, 0.4) is 0 Å². The van der Waals surface area contributed by atoms with E-state index in [0.717, 1.165) is 23.4 Å². The summed E-state index contributed by atoms with van der Waals surface area (Å²) in [7, 11) is -3.46.